The highest BCUT2D eigenvalue weighted by atomic mass is 16.7. The van der Waals surface area contributed by atoms with Crippen molar-refractivity contribution in [2.75, 3.05) is 6.79 Å². The summed E-state index contributed by atoms with van der Waals surface area (Å²) in [6.45, 7) is 6.51. The second-order valence-electron chi connectivity index (χ2n) is 5.59. The molecule has 1 aliphatic heterocycles. The van der Waals surface area contributed by atoms with E-state index in [4.69, 9.17) is 9.47 Å². The third-order valence-electron chi connectivity index (χ3n) is 3.86. The van der Waals surface area contributed by atoms with Crippen molar-refractivity contribution in [2.45, 2.75) is 26.7 Å². The van der Waals surface area contributed by atoms with Gasteiger partial charge in [-0.05, 0) is 41.7 Å². The number of aliphatic imine (C=N–C) groups is 1. The van der Waals surface area contributed by atoms with Crippen molar-refractivity contribution in [1.82, 2.24) is 0 Å². The summed E-state index contributed by atoms with van der Waals surface area (Å²) < 4.78 is 11.1. The summed E-state index contributed by atoms with van der Waals surface area (Å²) >= 11 is 0. The van der Waals surface area contributed by atoms with Crippen LogP contribution in [0.15, 0.2) is 35.3 Å². The quantitative estimate of drug-likeness (QED) is 0.619. The molecule has 2 aromatic carbocycles. The standard InChI is InChI=1S/C18H17NO3/c1-11(2)13-6-4-5-12(3)16(13)17-14(19-9-20)7-8-15-18(17)22-10-21-15/h4-8,11H,10H2,1-3H3. The molecule has 0 unspecified atom stereocenters. The molecule has 2 aromatic rings. The van der Waals surface area contributed by atoms with Crippen LogP contribution < -0.4 is 9.47 Å². The minimum atomic E-state index is 0.180. The predicted octanol–water partition coefficient (Wildman–Crippen LogP) is 4.48. The molecular formula is C18H17NO3. The maximum Gasteiger partial charge on any atom is 0.240 e. The molecule has 0 saturated heterocycles. The highest BCUT2D eigenvalue weighted by Gasteiger charge is 2.25. The second kappa shape index (κ2) is 5.66. The van der Waals surface area contributed by atoms with Crippen LogP contribution in [0.4, 0.5) is 5.69 Å². The van der Waals surface area contributed by atoms with Crippen LogP contribution in [0, 0.1) is 6.92 Å². The van der Waals surface area contributed by atoms with Crippen molar-refractivity contribution < 1.29 is 14.3 Å². The van der Waals surface area contributed by atoms with E-state index in [9.17, 15) is 4.79 Å². The third-order valence-corrected chi connectivity index (χ3v) is 3.86. The number of hydrogen-bond acceptors (Lipinski definition) is 4. The van der Waals surface area contributed by atoms with Crippen molar-refractivity contribution in [1.29, 1.82) is 0 Å². The molecule has 3 rings (SSSR count). The van der Waals surface area contributed by atoms with Crippen molar-refractivity contribution >= 4 is 11.8 Å². The molecule has 0 radical (unpaired) electrons. The number of rotatable bonds is 3. The predicted molar refractivity (Wildman–Crippen MR) is 84.6 cm³/mol. The van der Waals surface area contributed by atoms with Gasteiger partial charge in [0.1, 0.15) is 0 Å². The number of nitrogens with zero attached hydrogens (tertiary/aromatic N) is 1. The van der Waals surface area contributed by atoms with Gasteiger partial charge in [0.2, 0.25) is 12.9 Å². The summed E-state index contributed by atoms with van der Waals surface area (Å²) in [6, 6.07) is 9.72. The van der Waals surface area contributed by atoms with Gasteiger partial charge >= 0.3 is 0 Å². The Morgan fingerprint density at radius 3 is 2.68 bits per heavy atom. The van der Waals surface area contributed by atoms with Gasteiger partial charge in [-0.15, -0.1) is 0 Å². The molecule has 0 saturated carbocycles. The summed E-state index contributed by atoms with van der Waals surface area (Å²) in [5.74, 6) is 1.66. The summed E-state index contributed by atoms with van der Waals surface area (Å²) in [7, 11) is 0. The Bertz CT molecular complexity index is 774. The average molecular weight is 295 g/mol. The van der Waals surface area contributed by atoms with Crippen LogP contribution in [0.3, 0.4) is 0 Å². The maximum atomic E-state index is 10.8. The number of ether oxygens (including phenoxy) is 2. The Labute approximate surface area is 129 Å². The van der Waals surface area contributed by atoms with Crippen LogP contribution in [0.1, 0.15) is 30.9 Å². The second-order valence-corrected chi connectivity index (χ2v) is 5.59. The molecule has 1 aliphatic rings. The summed E-state index contributed by atoms with van der Waals surface area (Å²) in [6.07, 6.45) is 1.63. The maximum absolute atomic E-state index is 10.8. The van der Waals surface area contributed by atoms with Crippen molar-refractivity contribution in [2.24, 2.45) is 4.99 Å². The van der Waals surface area contributed by atoms with E-state index in [1.54, 1.807) is 18.2 Å². The molecule has 1 heterocycles. The highest BCUT2D eigenvalue weighted by Crippen LogP contribution is 2.49. The zero-order valence-corrected chi connectivity index (χ0v) is 12.8. The third kappa shape index (κ3) is 2.28. The molecule has 4 nitrogen and oxygen atoms in total. The lowest BCUT2D eigenvalue weighted by molar-refractivity contribution is 0.174. The minimum Gasteiger partial charge on any atom is -0.454 e. The van der Waals surface area contributed by atoms with Crippen molar-refractivity contribution in [3.63, 3.8) is 0 Å². The number of aryl methyl sites for hydroxylation is 1. The average Bonchev–Trinajstić information content (AvgIpc) is 2.96. The lowest BCUT2D eigenvalue weighted by Crippen LogP contribution is -1.98. The fraction of sp³-hybridized carbons (Fsp3) is 0.278. The normalized spacial score (nSPS) is 12.4. The van der Waals surface area contributed by atoms with Gasteiger partial charge in [0.25, 0.3) is 0 Å². The van der Waals surface area contributed by atoms with E-state index in [0.29, 0.717) is 23.1 Å². The lowest BCUT2D eigenvalue weighted by Gasteiger charge is -2.18. The van der Waals surface area contributed by atoms with Gasteiger partial charge < -0.3 is 9.47 Å². The van der Waals surface area contributed by atoms with E-state index in [1.165, 1.54) is 5.56 Å². The SMILES string of the molecule is Cc1cccc(C(C)C)c1-c1c(N=C=O)ccc2c1OCO2. The Balaban J connectivity index is 2.38. The first-order valence-corrected chi connectivity index (χ1v) is 7.24. The summed E-state index contributed by atoms with van der Waals surface area (Å²) in [5, 5.41) is 0. The van der Waals surface area contributed by atoms with Crippen LogP contribution in [0.5, 0.6) is 11.5 Å². The largest absolute Gasteiger partial charge is 0.454 e. The molecule has 112 valence electrons. The minimum absolute atomic E-state index is 0.180. The molecule has 0 spiro atoms. The first kappa shape index (κ1) is 14.4. The van der Waals surface area contributed by atoms with E-state index < -0.39 is 0 Å². The number of carbonyl (C=O) groups excluding carboxylic acids is 1. The summed E-state index contributed by atoms with van der Waals surface area (Å²) in [5.41, 5.74) is 4.70. The van der Waals surface area contributed by atoms with Crippen molar-refractivity contribution in [3.8, 4) is 22.6 Å². The van der Waals surface area contributed by atoms with Crippen LogP contribution in [-0.2, 0) is 4.79 Å². The molecular weight excluding hydrogens is 278 g/mol. The molecule has 4 heteroatoms. The fourth-order valence-electron chi connectivity index (χ4n) is 2.86. The molecule has 0 fully saturated rings. The zero-order valence-electron chi connectivity index (χ0n) is 12.8. The fourth-order valence-corrected chi connectivity index (χ4v) is 2.86. The van der Waals surface area contributed by atoms with Gasteiger partial charge in [-0.2, -0.15) is 4.99 Å². The molecule has 0 amide bonds. The van der Waals surface area contributed by atoms with E-state index in [1.807, 2.05) is 19.1 Å². The molecule has 0 bridgehead atoms. The molecule has 22 heavy (non-hydrogen) atoms. The smallest absolute Gasteiger partial charge is 0.240 e. The Morgan fingerprint density at radius 2 is 1.95 bits per heavy atom. The first-order chi connectivity index (χ1) is 10.6. The molecule has 0 atom stereocenters. The van der Waals surface area contributed by atoms with Crippen LogP contribution in [0.25, 0.3) is 11.1 Å². The Morgan fingerprint density at radius 1 is 1.14 bits per heavy atom. The van der Waals surface area contributed by atoms with E-state index in [-0.39, 0.29) is 6.79 Å². The highest BCUT2D eigenvalue weighted by molar-refractivity contribution is 5.88. The van der Waals surface area contributed by atoms with Crippen LogP contribution in [-0.4, -0.2) is 12.9 Å². The molecule has 0 N–H and O–H groups in total. The van der Waals surface area contributed by atoms with Gasteiger partial charge in [-0.3, -0.25) is 0 Å². The number of benzene rings is 2. The van der Waals surface area contributed by atoms with E-state index >= 15 is 0 Å². The van der Waals surface area contributed by atoms with Crippen LogP contribution >= 0.6 is 0 Å². The van der Waals surface area contributed by atoms with E-state index in [2.05, 4.69) is 24.9 Å². The zero-order chi connectivity index (χ0) is 15.7. The Kier molecular flexibility index (Phi) is 3.70. The monoisotopic (exact) mass is 295 g/mol. The van der Waals surface area contributed by atoms with Gasteiger partial charge in [0, 0.05) is 0 Å². The number of isocyanates is 1. The molecule has 0 aromatic heterocycles. The van der Waals surface area contributed by atoms with Gasteiger partial charge in [0.15, 0.2) is 11.5 Å². The first-order valence-electron chi connectivity index (χ1n) is 7.24. The molecule has 0 aliphatic carbocycles. The lowest BCUT2D eigenvalue weighted by atomic mass is 9.88. The van der Waals surface area contributed by atoms with E-state index in [0.717, 1.165) is 16.7 Å². The topological polar surface area (TPSA) is 47.9 Å². The summed E-state index contributed by atoms with van der Waals surface area (Å²) in [4.78, 5) is 14.7. The van der Waals surface area contributed by atoms with Gasteiger partial charge in [-0.25, -0.2) is 4.79 Å². The Hall–Kier alpha value is -2.58. The van der Waals surface area contributed by atoms with Gasteiger partial charge in [0.05, 0.1) is 11.3 Å². The number of fused-ring (bicyclic) bond motifs is 1. The van der Waals surface area contributed by atoms with Gasteiger partial charge in [-0.1, -0.05) is 32.0 Å². The van der Waals surface area contributed by atoms with Crippen molar-refractivity contribution in [3.05, 3.63) is 41.5 Å². The number of hydrogen-bond donors (Lipinski definition) is 0. The van der Waals surface area contributed by atoms with Crippen LogP contribution in [0.2, 0.25) is 0 Å².